The van der Waals surface area contributed by atoms with Gasteiger partial charge < -0.3 is 20.3 Å². The summed E-state index contributed by atoms with van der Waals surface area (Å²) in [4.78, 5) is 23.5. The number of amides is 1. The van der Waals surface area contributed by atoms with Crippen LogP contribution in [0.1, 0.15) is 28.7 Å². The smallest absolute Gasteiger partial charge is 0.265 e. The second-order valence-corrected chi connectivity index (χ2v) is 6.60. The van der Waals surface area contributed by atoms with Gasteiger partial charge in [0.15, 0.2) is 0 Å². The second-order valence-electron chi connectivity index (χ2n) is 5.84. The number of carbonyl (C=O) groups excluding carboxylic acids is 1. The van der Waals surface area contributed by atoms with E-state index in [-0.39, 0.29) is 5.91 Å². The van der Waals surface area contributed by atoms with Crippen LogP contribution in [0.5, 0.6) is 0 Å². The van der Waals surface area contributed by atoms with Crippen LogP contribution in [0.25, 0.3) is 0 Å². The van der Waals surface area contributed by atoms with Crippen LogP contribution in [0.15, 0.2) is 12.4 Å². The van der Waals surface area contributed by atoms with Gasteiger partial charge in [0, 0.05) is 32.2 Å². The van der Waals surface area contributed by atoms with E-state index in [9.17, 15) is 4.79 Å². The van der Waals surface area contributed by atoms with E-state index in [2.05, 4.69) is 42.0 Å². The molecule has 0 unspecified atom stereocenters. The number of rotatable bonds is 8. The van der Waals surface area contributed by atoms with E-state index < -0.39 is 0 Å². The SMILES string of the molecule is CCCc1nnsc1C(=O)NCCNc1cc(N2CCOCC2)ncn1. The molecule has 1 fully saturated rings. The average Bonchev–Trinajstić information content (AvgIpc) is 3.15. The Hall–Kier alpha value is -2.33. The third-order valence-corrected chi connectivity index (χ3v) is 4.72. The minimum Gasteiger partial charge on any atom is -0.378 e. The maximum atomic E-state index is 12.2. The van der Waals surface area contributed by atoms with Crippen molar-refractivity contribution in [2.24, 2.45) is 0 Å². The zero-order chi connectivity index (χ0) is 18.2. The fourth-order valence-electron chi connectivity index (χ4n) is 2.64. The van der Waals surface area contributed by atoms with Crippen molar-refractivity contribution in [3.8, 4) is 0 Å². The van der Waals surface area contributed by atoms with Gasteiger partial charge in [-0.25, -0.2) is 9.97 Å². The number of ether oxygens (including phenoxy) is 1. The summed E-state index contributed by atoms with van der Waals surface area (Å²) in [6.07, 6.45) is 3.25. The molecule has 3 heterocycles. The fraction of sp³-hybridized carbons (Fsp3) is 0.562. The predicted octanol–water partition coefficient (Wildman–Crippen LogP) is 0.959. The van der Waals surface area contributed by atoms with Gasteiger partial charge in [0.1, 0.15) is 22.8 Å². The van der Waals surface area contributed by atoms with E-state index in [1.165, 1.54) is 0 Å². The van der Waals surface area contributed by atoms with Gasteiger partial charge in [-0.15, -0.1) is 5.10 Å². The van der Waals surface area contributed by atoms with Crippen LogP contribution in [0.2, 0.25) is 0 Å². The summed E-state index contributed by atoms with van der Waals surface area (Å²) >= 11 is 1.14. The molecule has 10 heteroatoms. The summed E-state index contributed by atoms with van der Waals surface area (Å²) in [6, 6.07) is 1.92. The maximum Gasteiger partial charge on any atom is 0.265 e. The predicted molar refractivity (Wildman–Crippen MR) is 99.8 cm³/mol. The van der Waals surface area contributed by atoms with Gasteiger partial charge in [-0.3, -0.25) is 4.79 Å². The third kappa shape index (κ3) is 4.85. The average molecular weight is 377 g/mol. The molecule has 3 rings (SSSR count). The van der Waals surface area contributed by atoms with Crippen LogP contribution in [-0.2, 0) is 11.2 Å². The van der Waals surface area contributed by atoms with E-state index in [0.717, 1.165) is 54.8 Å². The van der Waals surface area contributed by atoms with Crippen molar-refractivity contribution >= 4 is 29.1 Å². The Morgan fingerprint density at radius 3 is 2.96 bits per heavy atom. The first-order chi connectivity index (χ1) is 12.8. The van der Waals surface area contributed by atoms with Crippen LogP contribution in [0.3, 0.4) is 0 Å². The molecule has 0 aromatic carbocycles. The Bertz CT molecular complexity index is 718. The molecule has 0 spiro atoms. The summed E-state index contributed by atoms with van der Waals surface area (Å²) in [5.74, 6) is 1.50. The molecule has 1 aliphatic heterocycles. The molecular formula is C16H23N7O2S. The van der Waals surface area contributed by atoms with Crippen LogP contribution < -0.4 is 15.5 Å². The summed E-state index contributed by atoms with van der Waals surface area (Å²) in [6.45, 7) is 6.19. The number of nitrogens with zero attached hydrogens (tertiary/aromatic N) is 5. The Balaban J connectivity index is 1.46. The molecular weight excluding hydrogens is 354 g/mol. The lowest BCUT2D eigenvalue weighted by atomic mass is 10.2. The highest BCUT2D eigenvalue weighted by Crippen LogP contribution is 2.15. The van der Waals surface area contributed by atoms with Gasteiger partial charge >= 0.3 is 0 Å². The van der Waals surface area contributed by atoms with E-state index in [0.29, 0.717) is 31.2 Å². The van der Waals surface area contributed by atoms with Crippen molar-refractivity contribution in [1.29, 1.82) is 0 Å². The fourth-order valence-corrected chi connectivity index (χ4v) is 3.26. The van der Waals surface area contributed by atoms with Crippen LogP contribution in [0, 0.1) is 0 Å². The molecule has 2 N–H and O–H groups in total. The standard InChI is InChI=1S/C16H23N7O2S/c1-2-3-12-15(26-22-21-12)16(24)18-5-4-17-13-10-14(20-11-19-13)23-6-8-25-9-7-23/h10-11H,2-9H2,1H3,(H,18,24)(H,17,19,20). The molecule has 9 nitrogen and oxygen atoms in total. The minimum atomic E-state index is -0.123. The van der Waals surface area contributed by atoms with Crippen molar-refractivity contribution in [2.75, 3.05) is 49.6 Å². The number of carbonyl (C=O) groups is 1. The molecule has 0 saturated carbocycles. The molecule has 140 valence electrons. The molecule has 1 saturated heterocycles. The van der Waals surface area contributed by atoms with Crippen LogP contribution in [0.4, 0.5) is 11.6 Å². The van der Waals surface area contributed by atoms with E-state index in [4.69, 9.17) is 4.74 Å². The number of hydrogen-bond donors (Lipinski definition) is 2. The number of hydrogen-bond acceptors (Lipinski definition) is 9. The van der Waals surface area contributed by atoms with E-state index >= 15 is 0 Å². The molecule has 0 bridgehead atoms. The number of aromatic nitrogens is 4. The van der Waals surface area contributed by atoms with Crippen molar-refractivity contribution in [2.45, 2.75) is 19.8 Å². The first kappa shape index (κ1) is 18.5. The highest BCUT2D eigenvalue weighted by atomic mass is 32.1. The lowest BCUT2D eigenvalue weighted by Gasteiger charge is -2.27. The summed E-state index contributed by atoms with van der Waals surface area (Å²) < 4.78 is 9.24. The van der Waals surface area contributed by atoms with Crippen molar-refractivity contribution < 1.29 is 9.53 Å². The number of aryl methyl sites for hydroxylation is 1. The van der Waals surface area contributed by atoms with Crippen molar-refractivity contribution in [3.63, 3.8) is 0 Å². The molecule has 1 amide bonds. The summed E-state index contributed by atoms with van der Waals surface area (Å²) in [5.41, 5.74) is 0.772. The monoisotopic (exact) mass is 377 g/mol. The Morgan fingerprint density at radius 1 is 1.31 bits per heavy atom. The van der Waals surface area contributed by atoms with Crippen LogP contribution in [-0.4, -0.2) is 64.9 Å². The lowest BCUT2D eigenvalue weighted by Crippen LogP contribution is -2.36. The number of morpholine rings is 1. The van der Waals surface area contributed by atoms with E-state index in [1.807, 2.05) is 6.07 Å². The Kier molecular flexibility index (Phi) is 6.67. The largest absolute Gasteiger partial charge is 0.378 e. The minimum absolute atomic E-state index is 0.123. The maximum absolute atomic E-state index is 12.2. The van der Waals surface area contributed by atoms with Gasteiger partial charge in [-0.2, -0.15) is 0 Å². The zero-order valence-electron chi connectivity index (χ0n) is 14.8. The Morgan fingerprint density at radius 2 is 2.15 bits per heavy atom. The molecule has 26 heavy (non-hydrogen) atoms. The normalized spacial score (nSPS) is 14.3. The second kappa shape index (κ2) is 9.39. The number of nitrogens with one attached hydrogen (secondary N) is 2. The highest BCUT2D eigenvalue weighted by Gasteiger charge is 2.15. The molecule has 2 aromatic heterocycles. The van der Waals surface area contributed by atoms with Gasteiger partial charge in [-0.05, 0) is 18.0 Å². The number of anilines is 2. The van der Waals surface area contributed by atoms with Crippen LogP contribution >= 0.6 is 11.5 Å². The van der Waals surface area contributed by atoms with Gasteiger partial charge in [0.2, 0.25) is 0 Å². The van der Waals surface area contributed by atoms with Gasteiger partial charge in [0.25, 0.3) is 5.91 Å². The molecule has 0 aliphatic carbocycles. The van der Waals surface area contributed by atoms with Gasteiger partial charge in [0.05, 0.1) is 18.9 Å². The third-order valence-electron chi connectivity index (χ3n) is 3.95. The first-order valence-electron chi connectivity index (χ1n) is 8.76. The molecule has 1 aliphatic rings. The van der Waals surface area contributed by atoms with Gasteiger partial charge in [-0.1, -0.05) is 17.8 Å². The van der Waals surface area contributed by atoms with Crippen molar-refractivity contribution in [1.82, 2.24) is 24.9 Å². The summed E-state index contributed by atoms with van der Waals surface area (Å²) in [7, 11) is 0. The zero-order valence-corrected chi connectivity index (χ0v) is 15.6. The molecule has 2 aromatic rings. The lowest BCUT2D eigenvalue weighted by molar-refractivity contribution is 0.0958. The quantitative estimate of drug-likeness (QED) is 0.656. The van der Waals surface area contributed by atoms with E-state index in [1.54, 1.807) is 6.33 Å². The van der Waals surface area contributed by atoms with Crippen molar-refractivity contribution in [3.05, 3.63) is 23.0 Å². The first-order valence-corrected chi connectivity index (χ1v) is 9.53. The Labute approximate surface area is 156 Å². The molecule has 0 atom stereocenters. The molecule has 0 radical (unpaired) electrons. The topological polar surface area (TPSA) is 105 Å². The highest BCUT2D eigenvalue weighted by molar-refractivity contribution is 7.08. The summed E-state index contributed by atoms with van der Waals surface area (Å²) in [5, 5.41) is 10.1.